The second-order valence-corrected chi connectivity index (χ2v) is 10.9. The fourth-order valence-electron chi connectivity index (χ4n) is 6.46. The number of fused-ring (bicyclic) bond motifs is 1. The third kappa shape index (κ3) is 3.35. The summed E-state index contributed by atoms with van der Waals surface area (Å²) < 4.78 is 1.17. The highest BCUT2D eigenvalue weighted by atomic mass is 32.1. The Morgan fingerprint density at radius 2 is 1.75 bits per heavy atom. The number of thiocarbonyl (C=S) groups is 1. The predicted molar refractivity (Wildman–Crippen MR) is 119 cm³/mol. The number of anilines is 1. The first kappa shape index (κ1) is 18.5. The first-order valence-corrected chi connectivity index (χ1v) is 11.6. The molecule has 2 aromatic rings. The molecular weight excluding hydrogens is 386 g/mol. The van der Waals surface area contributed by atoms with Crippen molar-refractivity contribution in [3.05, 3.63) is 23.3 Å². The van der Waals surface area contributed by atoms with E-state index in [1.807, 2.05) is 0 Å². The molecule has 1 amide bonds. The van der Waals surface area contributed by atoms with Crippen LogP contribution < -0.4 is 10.6 Å². The number of rotatable bonds is 3. The number of aryl methyl sites for hydroxylation is 2. The van der Waals surface area contributed by atoms with Crippen LogP contribution in [-0.4, -0.2) is 16.0 Å². The second kappa shape index (κ2) is 6.77. The number of nitrogens with one attached hydrogen (secondary N) is 2. The second-order valence-electron chi connectivity index (χ2n) is 9.49. The van der Waals surface area contributed by atoms with Crippen molar-refractivity contribution in [2.75, 3.05) is 5.32 Å². The molecule has 28 heavy (non-hydrogen) atoms. The monoisotopic (exact) mass is 413 g/mol. The largest absolute Gasteiger partial charge is 0.308 e. The molecular formula is C22H27N3OS2. The predicted octanol–water partition coefficient (Wildman–Crippen LogP) is 5.33. The van der Waals surface area contributed by atoms with Gasteiger partial charge in [-0.25, -0.2) is 4.98 Å². The van der Waals surface area contributed by atoms with Crippen LogP contribution in [0.15, 0.2) is 12.1 Å². The van der Waals surface area contributed by atoms with Gasteiger partial charge in [-0.15, -0.1) is 0 Å². The number of hydrogen-bond donors (Lipinski definition) is 2. The fourth-order valence-corrected chi connectivity index (χ4v) is 7.75. The highest BCUT2D eigenvalue weighted by Crippen LogP contribution is 2.61. The SMILES string of the molecule is Cc1ccc(C)c2sc(NC(=S)NC(=O)CC34CC5CC(CC(C5)C3)C4)nc12. The summed E-state index contributed by atoms with van der Waals surface area (Å²) in [6.45, 7) is 4.16. The van der Waals surface area contributed by atoms with Crippen molar-refractivity contribution in [3.8, 4) is 0 Å². The number of carbonyl (C=O) groups is 1. The summed E-state index contributed by atoms with van der Waals surface area (Å²) in [6.07, 6.45) is 8.54. The van der Waals surface area contributed by atoms with Crippen LogP contribution >= 0.6 is 23.6 Å². The highest BCUT2D eigenvalue weighted by Gasteiger charge is 2.51. The smallest absolute Gasteiger partial charge is 0.226 e. The third-order valence-corrected chi connectivity index (χ3v) is 8.43. The van der Waals surface area contributed by atoms with E-state index < -0.39 is 0 Å². The van der Waals surface area contributed by atoms with Crippen LogP contribution in [0.4, 0.5) is 5.13 Å². The topological polar surface area (TPSA) is 54.0 Å². The molecule has 0 radical (unpaired) electrons. The van der Waals surface area contributed by atoms with E-state index in [0.717, 1.165) is 34.0 Å². The minimum atomic E-state index is 0.0629. The first-order chi connectivity index (χ1) is 13.4. The van der Waals surface area contributed by atoms with Crippen LogP contribution in [0.1, 0.15) is 56.1 Å². The van der Waals surface area contributed by atoms with Crippen molar-refractivity contribution in [1.82, 2.24) is 10.3 Å². The molecule has 1 aromatic heterocycles. The molecule has 0 spiro atoms. The van der Waals surface area contributed by atoms with Gasteiger partial charge in [0.05, 0.1) is 10.2 Å². The maximum absolute atomic E-state index is 12.8. The lowest BCUT2D eigenvalue weighted by Gasteiger charge is -2.56. The van der Waals surface area contributed by atoms with E-state index in [-0.39, 0.29) is 11.3 Å². The molecule has 148 valence electrons. The molecule has 0 unspecified atom stereocenters. The zero-order chi connectivity index (χ0) is 19.5. The van der Waals surface area contributed by atoms with Gasteiger partial charge in [0.2, 0.25) is 5.91 Å². The number of aromatic nitrogens is 1. The molecule has 4 aliphatic carbocycles. The molecule has 4 bridgehead atoms. The number of thiazole rings is 1. The van der Waals surface area contributed by atoms with Crippen LogP contribution in [0.3, 0.4) is 0 Å². The lowest BCUT2D eigenvalue weighted by Crippen LogP contribution is -2.48. The molecule has 0 aliphatic heterocycles. The Balaban J connectivity index is 1.23. The zero-order valence-corrected chi connectivity index (χ0v) is 18.1. The number of hydrogen-bond acceptors (Lipinski definition) is 4. The van der Waals surface area contributed by atoms with Gasteiger partial charge in [-0.05, 0) is 98.9 Å². The Kier molecular flexibility index (Phi) is 4.47. The van der Waals surface area contributed by atoms with Gasteiger partial charge in [0.15, 0.2) is 10.2 Å². The normalized spacial score (nSPS) is 30.6. The van der Waals surface area contributed by atoms with Crippen LogP contribution in [0.25, 0.3) is 10.2 Å². The summed E-state index contributed by atoms with van der Waals surface area (Å²) in [6, 6.07) is 4.21. The lowest BCUT2D eigenvalue weighted by molar-refractivity contribution is -0.127. The molecule has 4 fully saturated rings. The number of nitrogens with zero attached hydrogens (tertiary/aromatic N) is 1. The third-order valence-electron chi connectivity index (χ3n) is 7.12. The van der Waals surface area contributed by atoms with E-state index in [4.69, 9.17) is 12.2 Å². The lowest BCUT2D eigenvalue weighted by atomic mass is 9.49. The van der Waals surface area contributed by atoms with Crippen molar-refractivity contribution in [2.45, 2.75) is 58.8 Å². The van der Waals surface area contributed by atoms with Gasteiger partial charge < -0.3 is 10.6 Å². The minimum absolute atomic E-state index is 0.0629. The molecule has 4 aliphatic rings. The van der Waals surface area contributed by atoms with Gasteiger partial charge in [0, 0.05) is 6.42 Å². The van der Waals surface area contributed by atoms with Crippen molar-refractivity contribution in [3.63, 3.8) is 0 Å². The van der Waals surface area contributed by atoms with E-state index in [1.54, 1.807) is 11.3 Å². The average molecular weight is 414 g/mol. The molecule has 0 saturated heterocycles. The van der Waals surface area contributed by atoms with Gasteiger partial charge >= 0.3 is 0 Å². The van der Waals surface area contributed by atoms with Crippen molar-refractivity contribution >= 4 is 49.9 Å². The Bertz CT molecular complexity index is 890. The first-order valence-electron chi connectivity index (χ1n) is 10.4. The zero-order valence-electron chi connectivity index (χ0n) is 16.5. The van der Waals surface area contributed by atoms with Gasteiger partial charge in [-0.3, -0.25) is 4.79 Å². The highest BCUT2D eigenvalue weighted by molar-refractivity contribution is 7.80. The van der Waals surface area contributed by atoms with Crippen LogP contribution in [0.2, 0.25) is 0 Å². The minimum Gasteiger partial charge on any atom is -0.308 e. The Morgan fingerprint density at radius 3 is 2.36 bits per heavy atom. The van der Waals surface area contributed by atoms with Crippen LogP contribution in [0.5, 0.6) is 0 Å². The van der Waals surface area contributed by atoms with E-state index in [2.05, 4.69) is 41.6 Å². The molecule has 4 nitrogen and oxygen atoms in total. The average Bonchev–Trinajstić information content (AvgIpc) is 3.01. The molecule has 6 heteroatoms. The van der Waals surface area contributed by atoms with Gasteiger partial charge in [0.1, 0.15) is 0 Å². The van der Waals surface area contributed by atoms with E-state index in [9.17, 15) is 4.79 Å². The van der Waals surface area contributed by atoms with E-state index in [1.165, 1.54) is 48.8 Å². The summed E-state index contributed by atoms with van der Waals surface area (Å²) in [5, 5.41) is 7.16. The molecule has 6 rings (SSSR count). The number of carbonyl (C=O) groups excluding carboxylic acids is 1. The molecule has 4 saturated carbocycles. The molecule has 0 atom stereocenters. The number of amides is 1. The summed E-state index contributed by atoms with van der Waals surface area (Å²) in [4.78, 5) is 17.4. The summed E-state index contributed by atoms with van der Waals surface area (Å²) in [5.41, 5.74) is 3.61. The van der Waals surface area contributed by atoms with Gasteiger partial charge in [-0.1, -0.05) is 23.5 Å². The fraction of sp³-hybridized carbons (Fsp3) is 0.591. The van der Waals surface area contributed by atoms with Crippen LogP contribution in [-0.2, 0) is 4.79 Å². The van der Waals surface area contributed by atoms with E-state index >= 15 is 0 Å². The van der Waals surface area contributed by atoms with Gasteiger partial charge in [0.25, 0.3) is 0 Å². The summed E-state index contributed by atoms with van der Waals surface area (Å²) in [7, 11) is 0. The maximum atomic E-state index is 12.8. The standard InChI is InChI=1S/C22H27N3OS2/c1-12-3-4-13(2)19-18(12)24-21(28-19)25-20(27)23-17(26)11-22-8-14-5-15(9-22)7-16(6-14)10-22/h3-4,14-16H,5-11H2,1-2H3,(H2,23,24,25,26,27). The van der Waals surface area contributed by atoms with Crippen molar-refractivity contribution in [1.29, 1.82) is 0 Å². The quantitative estimate of drug-likeness (QED) is 0.668. The van der Waals surface area contributed by atoms with Crippen LogP contribution in [0, 0.1) is 37.0 Å². The van der Waals surface area contributed by atoms with E-state index in [0.29, 0.717) is 11.5 Å². The Labute approximate surface area is 175 Å². The molecule has 2 N–H and O–H groups in total. The van der Waals surface area contributed by atoms with Crippen molar-refractivity contribution < 1.29 is 4.79 Å². The Morgan fingerprint density at radius 1 is 1.14 bits per heavy atom. The molecule has 1 heterocycles. The summed E-state index contributed by atoms with van der Waals surface area (Å²) in [5.74, 6) is 2.64. The van der Waals surface area contributed by atoms with Crippen molar-refractivity contribution in [2.24, 2.45) is 23.2 Å². The van der Waals surface area contributed by atoms with Gasteiger partial charge in [-0.2, -0.15) is 0 Å². The Hall–Kier alpha value is -1.53. The maximum Gasteiger partial charge on any atom is 0.226 e. The molecule has 1 aromatic carbocycles. The summed E-state index contributed by atoms with van der Waals surface area (Å²) >= 11 is 7.00. The number of benzene rings is 1.